The van der Waals surface area contributed by atoms with Crippen molar-refractivity contribution in [1.29, 1.82) is 0 Å². The summed E-state index contributed by atoms with van der Waals surface area (Å²) in [5, 5.41) is 0.816. The highest BCUT2D eigenvalue weighted by Crippen LogP contribution is 2.37. The van der Waals surface area contributed by atoms with Crippen LogP contribution in [0.15, 0.2) is 24.3 Å². The minimum atomic E-state index is -1.04. The van der Waals surface area contributed by atoms with Gasteiger partial charge in [-0.15, -0.1) is 5.06 Å². The van der Waals surface area contributed by atoms with Gasteiger partial charge < -0.3 is 9.05 Å². The van der Waals surface area contributed by atoms with Gasteiger partial charge in [-0.05, 0) is 26.0 Å². The molecule has 1 aliphatic heterocycles. The molecule has 0 bridgehead atoms. The molecule has 0 spiro atoms. The Morgan fingerprint density at radius 3 is 2.00 bits per heavy atom. The zero-order valence-corrected chi connectivity index (χ0v) is 13.0. The first-order valence-corrected chi connectivity index (χ1v) is 8.19. The smallest absolute Gasteiger partial charge is 0.285 e. The van der Waals surface area contributed by atoms with E-state index in [1.165, 1.54) is 0 Å². The first-order valence-electron chi connectivity index (χ1n) is 6.83. The van der Waals surface area contributed by atoms with Crippen LogP contribution in [0, 0.1) is 0 Å². The fraction of sp³-hybridized carbons (Fsp3) is 0.429. The summed E-state index contributed by atoms with van der Waals surface area (Å²) in [5.74, 6) is -0.847. The highest BCUT2D eigenvalue weighted by molar-refractivity contribution is 7.47. The van der Waals surface area contributed by atoms with Crippen LogP contribution in [-0.4, -0.2) is 42.9 Å². The SMILES string of the molecule is CCOP(CCON1C(=O)c2ccccc2C1=O)OCC. The summed E-state index contributed by atoms with van der Waals surface area (Å²) in [7, 11) is -1.04. The average Bonchev–Trinajstić information content (AvgIpc) is 2.73. The van der Waals surface area contributed by atoms with Gasteiger partial charge in [0.2, 0.25) is 0 Å². The monoisotopic (exact) mass is 311 g/mol. The standard InChI is InChI=1S/C14H18NO5P/c1-3-19-21(20-4-2)10-9-18-15-13(16)11-7-5-6-8-12(11)14(15)17/h5-8H,3-4,9-10H2,1-2H3. The van der Waals surface area contributed by atoms with Crippen molar-refractivity contribution in [3.8, 4) is 0 Å². The van der Waals surface area contributed by atoms with E-state index < -0.39 is 20.2 Å². The maximum atomic E-state index is 12.1. The van der Waals surface area contributed by atoms with Crippen LogP contribution in [-0.2, 0) is 13.9 Å². The van der Waals surface area contributed by atoms with Crippen LogP contribution in [0.1, 0.15) is 34.6 Å². The number of hydroxylamine groups is 2. The predicted octanol–water partition coefficient (Wildman–Crippen LogP) is 2.60. The maximum absolute atomic E-state index is 12.1. The van der Waals surface area contributed by atoms with Crippen LogP contribution in [0.3, 0.4) is 0 Å². The molecule has 0 aliphatic carbocycles. The Kier molecular flexibility index (Phi) is 5.82. The molecular weight excluding hydrogens is 293 g/mol. The largest absolute Gasteiger partial charge is 0.334 e. The van der Waals surface area contributed by atoms with Crippen LogP contribution in [0.5, 0.6) is 0 Å². The molecule has 0 N–H and O–H groups in total. The quantitative estimate of drug-likeness (QED) is 0.545. The van der Waals surface area contributed by atoms with Crippen LogP contribution >= 0.6 is 8.38 Å². The molecule has 0 unspecified atom stereocenters. The predicted molar refractivity (Wildman–Crippen MR) is 77.9 cm³/mol. The summed E-state index contributed by atoms with van der Waals surface area (Å²) in [6.07, 6.45) is 0.504. The van der Waals surface area contributed by atoms with Gasteiger partial charge in [0, 0.05) is 6.16 Å². The number of benzene rings is 1. The first-order chi connectivity index (χ1) is 10.2. The molecule has 7 heteroatoms. The van der Waals surface area contributed by atoms with Gasteiger partial charge in [-0.2, -0.15) is 0 Å². The number of hydrogen-bond donors (Lipinski definition) is 0. The van der Waals surface area contributed by atoms with Crippen molar-refractivity contribution in [2.45, 2.75) is 13.8 Å². The number of fused-ring (bicyclic) bond motifs is 1. The van der Waals surface area contributed by atoms with Gasteiger partial charge in [0.15, 0.2) is 8.38 Å². The molecule has 0 aromatic heterocycles. The fourth-order valence-corrected chi connectivity index (χ4v) is 3.08. The van der Waals surface area contributed by atoms with Gasteiger partial charge in [-0.25, -0.2) is 0 Å². The Balaban J connectivity index is 1.90. The average molecular weight is 311 g/mol. The van der Waals surface area contributed by atoms with Crippen molar-refractivity contribution < 1.29 is 23.5 Å². The Morgan fingerprint density at radius 2 is 1.52 bits per heavy atom. The number of nitrogens with zero attached hydrogens (tertiary/aromatic N) is 1. The van der Waals surface area contributed by atoms with Crippen molar-refractivity contribution in [1.82, 2.24) is 5.06 Å². The lowest BCUT2D eigenvalue weighted by molar-refractivity contribution is -0.0861. The molecule has 1 heterocycles. The van der Waals surface area contributed by atoms with Crippen molar-refractivity contribution in [2.24, 2.45) is 0 Å². The number of carbonyl (C=O) groups excluding carboxylic acids is 2. The summed E-state index contributed by atoms with van der Waals surface area (Å²) in [4.78, 5) is 29.4. The third-order valence-electron chi connectivity index (χ3n) is 2.80. The summed E-state index contributed by atoms with van der Waals surface area (Å²) >= 11 is 0. The molecule has 0 saturated heterocycles. The van der Waals surface area contributed by atoms with Gasteiger partial charge in [0.05, 0.1) is 30.9 Å². The number of carbonyl (C=O) groups is 2. The first kappa shape index (κ1) is 16.0. The van der Waals surface area contributed by atoms with Crippen LogP contribution < -0.4 is 0 Å². The number of imide groups is 1. The molecule has 0 atom stereocenters. The molecule has 1 aromatic carbocycles. The second-order valence-electron chi connectivity index (χ2n) is 4.18. The van der Waals surface area contributed by atoms with Gasteiger partial charge in [-0.1, -0.05) is 12.1 Å². The fourth-order valence-electron chi connectivity index (χ4n) is 1.95. The molecule has 2 amide bonds. The van der Waals surface area contributed by atoms with Crippen molar-refractivity contribution in [2.75, 3.05) is 26.0 Å². The van der Waals surface area contributed by atoms with Gasteiger partial charge >= 0.3 is 0 Å². The Hall–Kier alpha value is -1.33. The summed E-state index contributed by atoms with van der Waals surface area (Å²) < 4.78 is 10.9. The summed E-state index contributed by atoms with van der Waals surface area (Å²) in [5.41, 5.74) is 0.749. The second kappa shape index (κ2) is 7.61. The van der Waals surface area contributed by atoms with E-state index in [0.717, 1.165) is 5.06 Å². The molecular formula is C14H18NO5P. The number of hydrogen-bond acceptors (Lipinski definition) is 5. The zero-order valence-electron chi connectivity index (χ0n) is 12.1. The minimum absolute atomic E-state index is 0.192. The Labute approximate surface area is 124 Å². The van der Waals surface area contributed by atoms with Gasteiger partial charge in [-0.3, -0.25) is 14.4 Å². The Morgan fingerprint density at radius 1 is 1.00 bits per heavy atom. The van der Waals surface area contributed by atoms with E-state index in [-0.39, 0.29) is 6.61 Å². The highest BCUT2D eigenvalue weighted by atomic mass is 31.2. The van der Waals surface area contributed by atoms with Crippen LogP contribution in [0.2, 0.25) is 0 Å². The molecule has 114 valence electrons. The minimum Gasteiger partial charge on any atom is -0.334 e. The molecule has 21 heavy (non-hydrogen) atoms. The topological polar surface area (TPSA) is 65.1 Å². The van der Waals surface area contributed by atoms with E-state index in [2.05, 4.69) is 0 Å². The zero-order chi connectivity index (χ0) is 15.2. The molecule has 0 saturated carbocycles. The molecule has 1 aliphatic rings. The maximum Gasteiger partial charge on any atom is 0.285 e. The van der Waals surface area contributed by atoms with Crippen molar-refractivity contribution >= 4 is 20.2 Å². The highest BCUT2D eigenvalue weighted by Gasteiger charge is 2.36. The molecule has 2 rings (SSSR count). The third kappa shape index (κ3) is 3.66. The van der Waals surface area contributed by atoms with E-state index in [1.54, 1.807) is 24.3 Å². The summed E-state index contributed by atoms with van der Waals surface area (Å²) in [6.45, 7) is 5.08. The lowest BCUT2D eigenvalue weighted by Crippen LogP contribution is -2.31. The molecule has 6 nitrogen and oxygen atoms in total. The molecule has 0 radical (unpaired) electrons. The van der Waals surface area contributed by atoms with Crippen LogP contribution in [0.25, 0.3) is 0 Å². The summed E-state index contributed by atoms with van der Waals surface area (Å²) in [6, 6.07) is 6.67. The van der Waals surface area contributed by atoms with Gasteiger partial charge in [0.25, 0.3) is 11.8 Å². The van der Waals surface area contributed by atoms with Crippen LogP contribution in [0.4, 0.5) is 0 Å². The van der Waals surface area contributed by atoms with E-state index in [0.29, 0.717) is 30.5 Å². The lowest BCUT2D eigenvalue weighted by Gasteiger charge is -2.17. The lowest BCUT2D eigenvalue weighted by atomic mass is 10.1. The second-order valence-corrected chi connectivity index (χ2v) is 5.80. The number of rotatable bonds is 8. The normalized spacial score (nSPS) is 14.1. The number of amides is 2. The van der Waals surface area contributed by atoms with Gasteiger partial charge in [0.1, 0.15) is 0 Å². The van der Waals surface area contributed by atoms with E-state index in [4.69, 9.17) is 13.9 Å². The molecule has 0 fully saturated rings. The third-order valence-corrected chi connectivity index (χ3v) is 4.44. The van der Waals surface area contributed by atoms with E-state index in [1.807, 2.05) is 13.8 Å². The Bertz CT molecular complexity index is 481. The van der Waals surface area contributed by atoms with E-state index in [9.17, 15) is 9.59 Å². The molecule has 1 aromatic rings. The van der Waals surface area contributed by atoms with Crippen molar-refractivity contribution in [3.05, 3.63) is 35.4 Å². The van der Waals surface area contributed by atoms with Crippen molar-refractivity contribution in [3.63, 3.8) is 0 Å². The van der Waals surface area contributed by atoms with E-state index >= 15 is 0 Å².